The van der Waals surface area contributed by atoms with E-state index in [-0.39, 0.29) is 11.4 Å². The van der Waals surface area contributed by atoms with Gasteiger partial charge in [0, 0.05) is 4.47 Å². The predicted molar refractivity (Wildman–Crippen MR) is 96.3 cm³/mol. The molecule has 1 saturated heterocycles. The van der Waals surface area contributed by atoms with Crippen molar-refractivity contribution in [1.82, 2.24) is 4.98 Å². The van der Waals surface area contributed by atoms with Gasteiger partial charge >= 0.3 is 6.18 Å². The molecule has 2 heterocycles. The fraction of sp³-hybridized carbons (Fsp3) is 0.421. The molecule has 150 valence electrons. The molecule has 0 spiro atoms. The Morgan fingerprint density at radius 1 is 1.14 bits per heavy atom. The van der Waals surface area contributed by atoms with Crippen LogP contribution in [0, 0.1) is 0 Å². The van der Waals surface area contributed by atoms with E-state index < -0.39 is 30.0 Å². The minimum atomic E-state index is -4.65. The zero-order chi connectivity index (χ0) is 19.9. The fourth-order valence-electron chi connectivity index (χ4n) is 3.49. The van der Waals surface area contributed by atoms with Crippen molar-refractivity contribution < 1.29 is 32.1 Å². The third-order valence-corrected chi connectivity index (χ3v) is 5.51. The van der Waals surface area contributed by atoms with Gasteiger partial charge in [0.1, 0.15) is 11.7 Å². The number of benzene rings is 1. The van der Waals surface area contributed by atoms with E-state index in [0.29, 0.717) is 26.1 Å². The maximum Gasteiger partial charge on any atom is 0.421 e. The summed E-state index contributed by atoms with van der Waals surface area (Å²) in [7, 11) is 1.33. The number of alkyl halides is 3. The lowest BCUT2D eigenvalue weighted by molar-refractivity contribution is -0.140. The number of methoxy groups -OCH3 is 1. The summed E-state index contributed by atoms with van der Waals surface area (Å²) >= 11 is 3.48. The van der Waals surface area contributed by atoms with Gasteiger partial charge in [-0.2, -0.15) is 18.2 Å². The molecule has 0 unspecified atom stereocenters. The molecular formula is C19H17BrF3NO4. The molecule has 1 fully saturated rings. The minimum Gasteiger partial charge on any atom is -0.481 e. The second kappa shape index (κ2) is 7.53. The summed E-state index contributed by atoms with van der Waals surface area (Å²) < 4.78 is 63.7. The number of ether oxygens (including phenoxy) is 4. The topological polar surface area (TPSA) is 49.8 Å². The minimum absolute atomic E-state index is 0.0117. The molecule has 28 heavy (non-hydrogen) atoms. The van der Waals surface area contributed by atoms with Crippen LogP contribution in [0.1, 0.15) is 41.1 Å². The lowest BCUT2D eigenvalue weighted by Gasteiger charge is -2.21. The van der Waals surface area contributed by atoms with E-state index in [1.165, 1.54) is 7.11 Å². The van der Waals surface area contributed by atoms with Crippen LogP contribution in [0.25, 0.3) is 0 Å². The fourth-order valence-corrected chi connectivity index (χ4v) is 4.07. The molecule has 1 aliphatic heterocycles. The van der Waals surface area contributed by atoms with Gasteiger partial charge in [-0.3, -0.25) is 0 Å². The Morgan fingerprint density at radius 3 is 2.57 bits per heavy atom. The summed E-state index contributed by atoms with van der Waals surface area (Å²) in [5.74, 6) is -0.522. The lowest BCUT2D eigenvalue weighted by atomic mass is 10.1. The predicted octanol–water partition coefficient (Wildman–Crippen LogP) is 4.98. The highest BCUT2D eigenvalue weighted by molar-refractivity contribution is 9.10. The Balaban J connectivity index is 1.73. The average molecular weight is 460 g/mol. The Morgan fingerprint density at radius 2 is 1.89 bits per heavy atom. The highest BCUT2D eigenvalue weighted by Crippen LogP contribution is 2.44. The van der Waals surface area contributed by atoms with E-state index in [0.717, 1.165) is 21.7 Å². The number of fused-ring (bicyclic) bond motifs is 1. The van der Waals surface area contributed by atoms with Crippen molar-refractivity contribution in [2.75, 3.05) is 20.3 Å². The lowest BCUT2D eigenvalue weighted by Crippen LogP contribution is -2.15. The zero-order valence-corrected chi connectivity index (χ0v) is 16.5. The van der Waals surface area contributed by atoms with E-state index in [1.807, 2.05) is 18.2 Å². The second-order valence-electron chi connectivity index (χ2n) is 6.46. The van der Waals surface area contributed by atoms with Gasteiger partial charge in [0.15, 0.2) is 6.29 Å². The van der Waals surface area contributed by atoms with Gasteiger partial charge in [-0.1, -0.05) is 28.1 Å². The molecule has 0 saturated carbocycles. The van der Waals surface area contributed by atoms with Gasteiger partial charge < -0.3 is 18.9 Å². The highest BCUT2D eigenvalue weighted by atomic mass is 79.9. The Hall–Kier alpha value is -1.84. The van der Waals surface area contributed by atoms with Crippen LogP contribution in [0.5, 0.6) is 11.8 Å². The largest absolute Gasteiger partial charge is 0.481 e. The molecule has 1 aromatic carbocycles. The van der Waals surface area contributed by atoms with Crippen molar-refractivity contribution in [2.45, 2.75) is 31.4 Å². The van der Waals surface area contributed by atoms with Crippen molar-refractivity contribution in [3.05, 3.63) is 51.0 Å². The van der Waals surface area contributed by atoms with Crippen molar-refractivity contribution >= 4 is 15.9 Å². The maximum absolute atomic E-state index is 13.7. The molecule has 1 aromatic heterocycles. The summed E-state index contributed by atoms with van der Waals surface area (Å²) in [6, 6.07) is 6.53. The van der Waals surface area contributed by atoms with E-state index >= 15 is 0 Å². The van der Waals surface area contributed by atoms with Crippen LogP contribution in [0.3, 0.4) is 0 Å². The number of nitrogens with zero attached hydrogens (tertiary/aromatic N) is 1. The van der Waals surface area contributed by atoms with Gasteiger partial charge in [0.2, 0.25) is 11.8 Å². The van der Waals surface area contributed by atoms with Crippen LogP contribution in [-0.2, 0) is 22.1 Å². The van der Waals surface area contributed by atoms with E-state index in [4.69, 9.17) is 18.9 Å². The second-order valence-corrected chi connectivity index (χ2v) is 7.32. The number of hydrogen-bond acceptors (Lipinski definition) is 5. The van der Waals surface area contributed by atoms with Gasteiger partial charge in [-0.15, -0.1) is 0 Å². The van der Waals surface area contributed by atoms with Crippen molar-refractivity contribution in [1.29, 1.82) is 0 Å². The maximum atomic E-state index is 13.7. The molecule has 2 aliphatic rings. The van der Waals surface area contributed by atoms with Crippen LogP contribution in [-0.4, -0.2) is 25.3 Å². The molecule has 4 rings (SSSR count). The monoisotopic (exact) mass is 459 g/mol. The highest BCUT2D eigenvalue weighted by Gasteiger charge is 2.40. The third kappa shape index (κ3) is 3.58. The summed E-state index contributed by atoms with van der Waals surface area (Å²) in [6.07, 6.45) is -4.84. The summed E-state index contributed by atoms with van der Waals surface area (Å²) in [4.78, 5) is 4.02. The molecule has 0 amide bonds. The zero-order valence-electron chi connectivity index (χ0n) is 14.9. The molecule has 0 bridgehead atoms. The van der Waals surface area contributed by atoms with Crippen LogP contribution in [0.15, 0.2) is 28.7 Å². The van der Waals surface area contributed by atoms with Crippen LogP contribution in [0.4, 0.5) is 13.2 Å². The van der Waals surface area contributed by atoms with Gasteiger partial charge in [-0.05, 0) is 36.1 Å². The molecule has 5 nitrogen and oxygen atoms in total. The first-order chi connectivity index (χ1) is 13.4. The normalized spacial score (nSPS) is 19.7. The van der Waals surface area contributed by atoms with E-state index in [1.54, 1.807) is 0 Å². The van der Waals surface area contributed by atoms with Crippen molar-refractivity contribution in [3.63, 3.8) is 0 Å². The summed E-state index contributed by atoms with van der Waals surface area (Å²) in [5.41, 5.74) is 1.01. The van der Waals surface area contributed by atoms with Gasteiger partial charge in [-0.25, -0.2) is 0 Å². The number of hydrogen-bond donors (Lipinski definition) is 0. The smallest absolute Gasteiger partial charge is 0.421 e. The van der Waals surface area contributed by atoms with E-state index in [9.17, 15) is 13.2 Å². The number of halogens is 4. The average Bonchev–Trinajstić information content (AvgIpc) is 3.31. The van der Waals surface area contributed by atoms with Gasteiger partial charge in [0.05, 0.1) is 25.9 Å². The Labute approximate surface area is 167 Å². The number of aromatic nitrogens is 1. The number of rotatable bonds is 4. The molecule has 0 radical (unpaired) electrons. The first kappa shape index (κ1) is 19.5. The van der Waals surface area contributed by atoms with Crippen LogP contribution < -0.4 is 9.47 Å². The molecule has 0 N–H and O–H groups in total. The SMILES string of the molecule is COc1nc(O[C@H]2CCc3c(Br)cccc32)c(C(F)(F)F)cc1C1OCCO1. The third-order valence-electron chi connectivity index (χ3n) is 4.77. The summed E-state index contributed by atoms with van der Waals surface area (Å²) in [6.45, 7) is 0.586. The quantitative estimate of drug-likeness (QED) is 0.644. The first-order valence-electron chi connectivity index (χ1n) is 8.71. The Bertz CT molecular complexity index is 884. The molecule has 9 heteroatoms. The van der Waals surface area contributed by atoms with Crippen LogP contribution in [0.2, 0.25) is 0 Å². The first-order valence-corrected chi connectivity index (χ1v) is 9.51. The van der Waals surface area contributed by atoms with Crippen molar-refractivity contribution in [2.24, 2.45) is 0 Å². The standard InChI is InChI=1S/C19H17BrF3NO4/c1-25-16-12(18-26-7-8-27-18)9-13(19(21,22)23)17(24-16)28-15-6-5-10-11(15)3-2-4-14(10)20/h2-4,9,15,18H,5-8H2,1H3/t15-/m0/s1. The molecule has 2 aromatic rings. The summed E-state index contributed by atoms with van der Waals surface area (Å²) in [5, 5.41) is 0. The molecule has 1 atom stereocenters. The van der Waals surface area contributed by atoms with Crippen molar-refractivity contribution in [3.8, 4) is 11.8 Å². The van der Waals surface area contributed by atoms with Gasteiger partial charge in [0.25, 0.3) is 0 Å². The number of pyridine rings is 1. The van der Waals surface area contributed by atoms with E-state index in [2.05, 4.69) is 20.9 Å². The Kier molecular flexibility index (Phi) is 5.24. The molecular weight excluding hydrogens is 443 g/mol. The van der Waals surface area contributed by atoms with Crippen LogP contribution >= 0.6 is 15.9 Å². The molecule has 1 aliphatic carbocycles.